The van der Waals surface area contributed by atoms with Gasteiger partial charge < -0.3 is 19.1 Å². The van der Waals surface area contributed by atoms with Crippen molar-refractivity contribution in [1.82, 2.24) is 0 Å². The zero-order valence-electron chi connectivity index (χ0n) is 23.8. The molecule has 0 fully saturated rings. The van der Waals surface area contributed by atoms with Crippen LogP contribution in [0.4, 0.5) is 5.69 Å². The molecule has 2 heterocycles. The Labute approximate surface area is 249 Å². The first-order valence-corrected chi connectivity index (χ1v) is 13.9. The van der Waals surface area contributed by atoms with E-state index in [1.54, 1.807) is 43.4 Å². The van der Waals surface area contributed by atoms with Gasteiger partial charge in [0.05, 0.1) is 13.1 Å². The molecule has 0 N–H and O–H groups in total. The summed E-state index contributed by atoms with van der Waals surface area (Å²) in [5.41, 5.74) is 1.60. The van der Waals surface area contributed by atoms with Crippen LogP contribution >= 0.6 is 11.3 Å². The van der Waals surface area contributed by atoms with Gasteiger partial charge in [0.15, 0.2) is 11.3 Å². The molecule has 0 amide bonds. The minimum absolute atomic E-state index is 0.0184. The summed E-state index contributed by atoms with van der Waals surface area (Å²) in [4.78, 5) is 26.3. The maximum absolute atomic E-state index is 11.1. The largest absolute Gasteiger partial charge is 0.480 e. The van der Waals surface area contributed by atoms with E-state index in [1.165, 1.54) is 13.8 Å². The summed E-state index contributed by atoms with van der Waals surface area (Å²) in [6, 6.07) is 17.5. The fraction of sp³-hybridized carbons (Fsp3) is 0.281. The minimum Gasteiger partial charge on any atom is -0.480 e. The molecule has 9 nitrogen and oxygen atoms in total. The second-order valence-corrected chi connectivity index (χ2v) is 10.8. The monoisotopic (exact) mass is 582 g/mol. The Balaban J connectivity index is 1.72. The molecule has 1 aromatic heterocycles. The van der Waals surface area contributed by atoms with Crippen LogP contribution in [0.2, 0.25) is 0 Å². The van der Waals surface area contributed by atoms with E-state index in [9.17, 15) is 25.4 Å². The fourth-order valence-electron chi connectivity index (χ4n) is 4.14. The molecule has 0 unspecified atom stereocenters. The number of nitriles is 3. The molecule has 1 aliphatic rings. The molecule has 0 spiro atoms. The number of thiophene rings is 1. The van der Waals surface area contributed by atoms with Crippen LogP contribution in [0.15, 0.2) is 65.0 Å². The Morgan fingerprint density at radius 2 is 1.43 bits per heavy atom. The van der Waals surface area contributed by atoms with Gasteiger partial charge in [-0.2, -0.15) is 15.8 Å². The van der Waals surface area contributed by atoms with Crippen molar-refractivity contribution in [1.29, 1.82) is 15.8 Å². The molecule has 42 heavy (non-hydrogen) atoms. The second-order valence-electron chi connectivity index (χ2n) is 9.61. The van der Waals surface area contributed by atoms with Gasteiger partial charge in [0.2, 0.25) is 0 Å². The molecule has 0 bridgehead atoms. The van der Waals surface area contributed by atoms with E-state index < -0.39 is 5.60 Å². The van der Waals surface area contributed by atoms with Gasteiger partial charge in [0.1, 0.15) is 42.6 Å². The van der Waals surface area contributed by atoms with Crippen molar-refractivity contribution in [2.24, 2.45) is 0 Å². The third-order valence-electron chi connectivity index (χ3n) is 6.16. The van der Waals surface area contributed by atoms with E-state index in [0.29, 0.717) is 18.7 Å². The highest BCUT2D eigenvalue weighted by atomic mass is 32.1. The summed E-state index contributed by atoms with van der Waals surface area (Å²) in [6.07, 6.45) is 7.68. The number of esters is 2. The van der Waals surface area contributed by atoms with Gasteiger partial charge >= 0.3 is 11.9 Å². The second kappa shape index (κ2) is 14.5. The van der Waals surface area contributed by atoms with Crippen molar-refractivity contribution in [3.63, 3.8) is 0 Å². The molecule has 0 atom stereocenters. The highest BCUT2D eigenvalue weighted by Crippen LogP contribution is 2.40. The van der Waals surface area contributed by atoms with Gasteiger partial charge in [-0.3, -0.25) is 9.59 Å². The summed E-state index contributed by atoms with van der Waals surface area (Å²) in [7, 11) is 0. The van der Waals surface area contributed by atoms with Crippen LogP contribution in [0.5, 0.6) is 0 Å². The predicted molar refractivity (Wildman–Crippen MR) is 160 cm³/mol. The molecule has 0 saturated heterocycles. The fourth-order valence-corrected chi connectivity index (χ4v) is 4.96. The van der Waals surface area contributed by atoms with Crippen LogP contribution in [0.1, 0.15) is 43.0 Å². The van der Waals surface area contributed by atoms with Gasteiger partial charge in [-0.15, -0.1) is 11.3 Å². The van der Waals surface area contributed by atoms with Crippen LogP contribution < -0.4 is 4.90 Å². The molecule has 3 rings (SSSR count). The zero-order valence-corrected chi connectivity index (χ0v) is 24.7. The lowest BCUT2D eigenvalue weighted by Crippen LogP contribution is -2.31. The van der Waals surface area contributed by atoms with Gasteiger partial charge in [-0.1, -0.05) is 24.3 Å². The lowest BCUT2D eigenvalue weighted by Gasteiger charge is -2.24. The quantitative estimate of drug-likeness (QED) is 0.238. The average Bonchev–Trinajstić information content (AvgIpc) is 3.51. The SMILES string of the molecule is CC(=O)OCCN(CCOC(C)=O)c1ccc(/C=C/c2ccc(/C=C/C3=C(C#N)C(=C(C#N)C#N)OC3(C)C)s2)cc1. The van der Waals surface area contributed by atoms with Gasteiger partial charge in [0.25, 0.3) is 0 Å². The van der Waals surface area contributed by atoms with Crippen molar-refractivity contribution in [2.75, 3.05) is 31.2 Å². The van der Waals surface area contributed by atoms with Gasteiger partial charge in [-0.25, -0.2) is 0 Å². The third-order valence-corrected chi connectivity index (χ3v) is 7.17. The van der Waals surface area contributed by atoms with Crippen molar-refractivity contribution in [2.45, 2.75) is 33.3 Å². The van der Waals surface area contributed by atoms with E-state index in [-0.39, 0.29) is 42.1 Å². The average molecular weight is 583 g/mol. The topological polar surface area (TPSA) is 136 Å². The summed E-state index contributed by atoms with van der Waals surface area (Å²) >= 11 is 1.56. The number of allylic oxidation sites excluding steroid dienone is 2. The van der Waals surface area contributed by atoms with Crippen LogP contribution in [-0.4, -0.2) is 43.8 Å². The number of hydrogen-bond acceptors (Lipinski definition) is 10. The molecule has 214 valence electrons. The maximum Gasteiger partial charge on any atom is 0.302 e. The predicted octanol–water partition coefficient (Wildman–Crippen LogP) is 5.79. The van der Waals surface area contributed by atoms with E-state index in [4.69, 9.17) is 14.2 Å². The Morgan fingerprint density at radius 1 is 0.881 bits per heavy atom. The number of carbonyl (C=O) groups is 2. The Kier molecular flexibility index (Phi) is 10.8. The first kappa shape index (κ1) is 31.4. The van der Waals surface area contributed by atoms with Gasteiger partial charge in [0, 0.05) is 34.9 Å². The van der Waals surface area contributed by atoms with Crippen LogP contribution in [-0.2, 0) is 23.8 Å². The number of carbonyl (C=O) groups excluding carboxylic acids is 2. The summed E-state index contributed by atoms with van der Waals surface area (Å²) in [5.74, 6) is -0.678. The van der Waals surface area contributed by atoms with Crippen molar-refractivity contribution >= 4 is 47.2 Å². The van der Waals surface area contributed by atoms with E-state index >= 15 is 0 Å². The number of benzene rings is 1. The van der Waals surface area contributed by atoms with Crippen LogP contribution in [0.3, 0.4) is 0 Å². The Hall–Kier alpha value is -5.11. The maximum atomic E-state index is 11.1. The van der Waals surface area contributed by atoms with E-state index in [2.05, 4.69) is 6.07 Å². The molecule has 0 radical (unpaired) electrons. The van der Waals surface area contributed by atoms with Crippen molar-refractivity contribution in [3.8, 4) is 18.2 Å². The van der Waals surface area contributed by atoms with Crippen LogP contribution in [0.25, 0.3) is 18.2 Å². The number of hydrogen-bond donors (Lipinski definition) is 0. The summed E-state index contributed by atoms with van der Waals surface area (Å²) in [6.45, 7) is 7.69. The van der Waals surface area contributed by atoms with Crippen LogP contribution in [0, 0.1) is 34.0 Å². The smallest absolute Gasteiger partial charge is 0.302 e. The lowest BCUT2D eigenvalue weighted by molar-refractivity contribution is -0.141. The third kappa shape index (κ3) is 8.44. The molecule has 10 heteroatoms. The highest BCUT2D eigenvalue weighted by Gasteiger charge is 2.38. The molecular weight excluding hydrogens is 552 g/mol. The molecule has 0 saturated carbocycles. The Bertz CT molecular complexity index is 1540. The standard InChI is InChI=1S/C32H30N4O5S/c1-22(37)39-17-15-36(16-18-40-23(2)38)26-8-5-24(6-9-26)7-10-27-11-12-28(42-27)13-14-30-29(21-35)31(25(19-33)20-34)41-32(30,3)4/h5-14H,15-18H2,1-4H3/b10-7+,14-13+. The number of ether oxygens (including phenoxy) is 3. The lowest BCUT2D eigenvalue weighted by atomic mass is 9.94. The van der Waals surface area contributed by atoms with Crippen molar-refractivity contribution < 1.29 is 23.8 Å². The summed E-state index contributed by atoms with van der Waals surface area (Å²) < 4.78 is 16.0. The molecule has 0 aliphatic carbocycles. The molecule has 2 aromatic rings. The zero-order chi connectivity index (χ0) is 30.7. The van der Waals surface area contributed by atoms with Crippen molar-refractivity contribution in [3.05, 3.63) is 80.3 Å². The molecule has 1 aromatic carbocycles. The first-order valence-electron chi connectivity index (χ1n) is 13.0. The minimum atomic E-state index is -0.863. The number of rotatable bonds is 11. The molecule has 1 aliphatic heterocycles. The molecular formula is C32H30N4O5S. The van der Waals surface area contributed by atoms with E-state index in [1.807, 2.05) is 59.5 Å². The first-order chi connectivity index (χ1) is 20.1. The van der Waals surface area contributed by atoms with Gasteiger partial charge in [-0.05, 0) is 55.8 Å². The summed E-state index contributed by atoms with van der Waals surface area (Å²) in [5, 5.41) is 28.2. The normalized spacial score (nSPS) is 13.8. The highest BCUT2D eigenvalue weighted by molar-refractivity contribution is 7.13. The number of anilines is 1. The van der Waals surface area contributed by atoms with E-state index in [0.717, 1.165) is 21.0 Å². The number of nitrogens with zero attached hydrogens (tertiary/aromatic N) is 4. The Morgan fingerprint density at radius 3 is 1.93 bits per heavy atom.